The van der Waals surface area contributed by atoms with E-state index in [1.54, 1.807) is 0 Å². The summed E-state index contributed by atoms with van der Waals surface area (Å²) in [6.45, 7) is 0. The van der Waals surface area contributed by atoms with Gasteiger partial charge in [-0.15, -0.1) is 10.5 Å². The van der Waals surface area contributed by atoms with Crippen molar-refractivity contribution in [2.45, 2.75) is 0 Å². The zero-order valence-electron chi connectivity index (χ0n) is 7.82. The second-order valence-corrected chi connectivity index (χ2v) is 2.86. The Bertz CT molecular complexity index is 498. The first kappa shape index (κ1) is 10.2. The molecule has 0 bridgehead atoms. The van der Waals surface area contributed by atoms with Crippen LogP contribution in [0.25, 0.3) is 0 Å². The minimum atomic E-state index is -0.829. The molecule has 1 amide bonds. The van der Waals surface area contributed by atoms with Gasteiger partial charge in [0.25, 0.3) is 11.9 Å². The number of carbonyl (C=O) groups is 1. The smallest absolute Gasteiger partial charge is 0.261 e. The Kier molecular flexibility index (Phi) is 2.59. The molecule has 1 aliphatic rings. The van der Waals surface area contributed by atoms with Gasteiger partial charge in [0.15, 0.2) is 0 Å². The Morgan fingerprint density at radius 2 is 2.12 bits per heavy atom. The molecule has 0 unspecified atom stereocenters. The summed E-state index contributed by atoms with van der Waals surface area (Å²) >= 11 is 0. The van der Waals surface area contributed by atoms with Crippen LogP contribution in [0.4, 0.5) is 8.78 Å². The monoisotopic (exact) mass is 223 g/mol. The number of hydrogen-bond acceptors (Lipinski definition) is 3. The van der Waals surface area contributed by atoms with E-state index in [2.05, 4.69) is 20.8 Å². The first-order chi connectivity index (χ1) is 7.66. The molecular weight excluding hydrogens is 218 g/mol. The molecule has 81 valence electrons. The molecule has 1 N–H and O–H groups in total. The minimum absolute atomic E-state index is 0.0614. The molecular formula is C9H5F2N4O. The number of rotatable bonds is 1. The summed E-state index contributed by atoms with van der Waals surface area (Å²) in [4.78, 5) is 15.0. The van der Waals surface area contributed by atoms with Gasteiger partial charge in [-0.3, -0.25) is 10.1 Å². The van der Waals surface area contributed by atoms with Gasteiger partial charge >= 0.3 is 0 Å². The lowest BCUT2D eigenvalue weighted by atomic mass is 10.2. The Balaban J connectivity index is 2.20. The van der Waals surface area contributed by atoms with Gasteiger partial charge in [0.05, 0.1) is 5.56 Å². The van der Waals surface area contributed by atoms with Crippen molar-refractivity contribution in [2.75, 3.05) is 0 Å². The number of hydrogen-bond donors (Lipinski definition) is 1. The summed E-state index contributed by atoms with van der Waals surface area (Å²) in [5, 5.41) is 5.60. The molecule has 1 aromatic carbocycles. The molecule has 0 saturated heterocycles. The third-order valence-corrected chi connectivity index (χ3v) is 1.78. The first-order valence-corrected chi connectivity index (χ1v) is 4.23. The number of nitrogens with one attached hydrogen (secondary N) is 1. The molecule has 16 heavy (non-hydrogen) atoms. The van der Waals surface area contributed by atoms with Crippen LogP contribution in [0.15, 0.2) is 28.3 Å². The Morgan fingerprint density at radius 3 is 2.81 bits per heavy atom. The van der Waals surface area contributed by atoms with E-state index in [9.17, 15) is 13.6 Å². The summed E-state index contributed by atoms with van der Waals surface area (Å²) in [6.07, 6.45) is 1.12. The van der Waals surface area contributed by atoms with Crippen LogP contribution in [-0.4, -0.2) is 18.2 Å². The number of halogens is 2. The maximum atomic E-state index is 13.2. The van der Waals surface area contributed by atoms with Gasteiger partial charge in [0.1, 0.15) is 18.0 Å². The molecule has 0 fully saturated rings. The van der Waals surface area contributed by atoms with Gasteiger partial charge in [0, 0.05) is 0 Å². The van der Waals surface area contributed by atoms with Crippen LogP contribution in [0.1, 0.15) is 10.4 Å². The summed E-state index contributed by atoms with van der Waals surface area (Å²) in [5.74, 6) is -2.41. The second-order valence-electron chi connectivity index (χ2n) is 2.86. The van der Waals surface area contributed by atoms with E-state index in [1.165, 1.54) is 0 Å². The van der Waals surface area contributed by atoms with E-state index < -0.39 is 23.1 Å². The molecule has 0 atom stereocenters. The zero-order valence-corrected chi connectivity index (χ0v) is 7.82. The Labute approximate surface area is 88.9 Å². The van der Waals surface area contributed by atoms with Gasteiger partial charge in [-0.25, -0.2) is 8.78 Å². The quantitative estimate of drug-likeness (QED) is 0.744. The first-order valence-electron chi connectivity index (χ1n) is 4.23. The summed E-state index contributed by atoms with van der Waals surface area (Å²) in [6, 6.07) is 2.59. The number of nitrogens with zero attached hydrogens (tertiary/aromatic N) is 3. The fourth-order valence-electron chi connectivity index (χ4n) is 1.08. The maximum Gasteiger partial charge on any atom is 0.261 e. The molecule has 1 aliphatic heterocycles. The van der Waals surface area contributed by atoms with Gasteiger partial charge < -0.3 is 0 Å². The summed E-state index contributed by atoms with van der Waals surface area (Å²) in [5.41, 5.74) is 2.95. The van der Waals surface area contributed by atoms with Crippen LogP contribution in [0.2, 0.25) is 0 Å². The van der Waals surface area contributed by atoms with E-state index in [4.69, 9.17) is 0 Å². The highest BCUT2D eigenvalue weighted by Gasteiger charge is 2.15. The Morgan fingerprint density at radius 1 is 1.31 bits per heavy atom. The van der Waals surface area contributed by atoms with Crippen molar-refractivity contribution in [3.8, 4) is 0 Å². The maximum absolute atomic E-state index is 13.2. The van der Waals surface area contributed by atoms with Crippen LogP contribution in [0.5, 0.6) is 0 Å². The number of aliphatic imine (C=N–C) groups is 1. The van der Waals surface area contributed by atoms with Gasteiger partial charge in [-0.05, 0) is 18.2 Å². The molecule has 1 radical (unpaired) electrons. The average molecular weight is 223 g/mol. The fraction of sp³-hybridized carbons (Fsp3) is 0. The lowest BCUT2D eigenvalue weighted by Gasteiger charge is -2.03. The van der Waals surface area contributed by atoms with Crippen molar-refractivity contribution in [3.63, 3.8) is 0 Å². The van der Waals surface area contributed by atoms with Crippen molar-refractivity contribution in [3.05, 3.63) is 35.4 Å². The molecule has 0 aliphatic carbocycles. The number of guanidine groups is 1. The molecule has 1 aromatic rings. The fourth-order valence-corrected chi connectivity index (χ4v) is 1.08. The lowest BCUT2D eigenvalue weighted by molar-refractivity contribution is 0.0972. The predicted molar refractivity (Wildman–Crippen MR) is 51.9 cm³/mol. The van der Waals surface area contributed by atoms with Crippen molar-refractivity contribution in [1.82, 2.24) is 10.7 Å². The molecule has 1 heterocycles. The highest BCUT2D eigenvalue weighted by molar-refractivity contribution is 6.08. The van der Waals surface area contributed by atoms with Crippen LogP contribution in [0.3, 0.4) is 0 Å². The van der Waals surface area contributed by atoms with Gasteiger partial charge in [-0.2, -0.15) is 4.99 Å². The molecule has 2 rings (SSSR count). The molecule has 5 nitrogen and oxygen atoms in total. The lowest BCUT2D eigenvalue weighted by Crippen LogP contribution is -2.29. The highest BCUT2D eigenvalue weighted by atomic mass is 19.1. The van der Waals surface area contributed by atoms with Crippen LogP contribution in [0, 0.1) is 11.6 Å². The molecule has 0 saturated carbocycles. The van der Waals surface area contributed by atoms with E-state index in [1.807, 2.05) is 0 Å². The number of amides is 1. The van der Waals surface area contributed by atoms with Crippen LogP contribution < -0.4 is 10.7 Å². The zero-order chi connectivity index (χ0) is 11.5. The highest BCUT2D eigenvalue weighted by Crippen LogP contribution is 2.09. The normalized spacial score (nSPS) is 13.2. The van der Waals surface area contributed by atoms with Crippen molar-refractivity contribution < 1.29 is 13.6 Å². The van der Waals surface area contributed by atoms with Gasteiger partial charge in [0.2, 0.25) is 0 Å². The van der Waals surface area contributed by atoms with Crippen LogP contribution >= 0.6 is 0 Å². The molecule has 0 aromatic heterocycles. The second kappa shape index (κ2) is 4.05. The van der Waals surface area contributed by atoms with Crippen molar-refractivity contribution in [1.29, 1.82) is 0 Å². The number of benzene rings is 1. The number of carbonyl (C=O) groups excluding carboxylic acids is 1. The third-order valence-electron chi connectivity index (χ3n) is 1.78. The SMILES string of the molecule is O=C(NC1=N[N]C=N1)c1cc(F)ccc1F. The molecule has 0 spiro atoms. The van der Waals surface area contributed by atoms with Crippen molar-refractivity contribution in [2.24, 2.45) is 10.1 Å². The van der Waals surface area contributed by atoms with Crippen LogP contribution in [-0.2, 0) is 0 Å². The Hall–Kier alpha value is -2.31. The topological polar surface area (TPSA) is 67.9 Å². The minimum Gasteiger partial charge on any atom is -0.289 e. The van der Waals surface area contributed by atoms with Gasteiger partial charge in [-0.1, -0.05) is 0 Å². The standard InChI is InChI=1S/C9H5F2N4O/c10-5-1-2-7(11)6(3-5)8(16)14-9-12-4-13-15-9/h1-4H,(H,14,15,16). The summed E-state index contributed by atoms with van der Waals surface area (Å²) in [7, 11) is 0. The average Bonchev–Trinajstić information content (AvgIpc) is 2.74. The van der Waals surface area contributed by atoms with E-state index in [0.717, 1.165) is 24.5 Å². The predicted octanol–water partition coefficient (Wildman–Crippen LogP) is 0.612. The largest absolute Gasteiger partial charge is 0.289 e. The van der Waals surface area contributed by atoms with Crippen molar-refractivity contribution >= 4 is 18.2 Å². The molecule has 7 heteroatoms. The summed E-state index contributed by atoms with van der Waals surface area (Å²) < 4.78 is 26.0. The van der Waals surface area contributed by atoms with E-state index >= 15 is 0 Å². The third kappa shape index (κ3) is 2.02. The van der Waals surface area contributed by atoms with E-state index in [0.29, 0.717) is 0 Å². The van der Waals surface area contributed by atoms with E-state index in [-0.39, 0.29) is 5.96 Å².